The van der Waals surface area contributed by atoms with Gasteiger partial charge in [-0.05, 0) is 36.2 Å². The smallest absolute Gasteiger partial charge is 0.126 e. The van der Waals surface area contributed by atoms with Crippen LogP contribution < -0.4 is 11.3 Å². The van der Waals surface area contributed by atoms with Crippen molar-refractivity contribution in [2.45, 2.75) is 18.9 Å². The van der Waals surface area contributed by atoms with Crippen molar-refractivity contribution in [1.82, 2.24) is 10.4 Å². The largest absolute Gasteiger partial charge is 0.271 e. The number of benzene rings is 1. The van der Waals surface area contributed by atoms with Crippen LogP contribution >= 0.6 is 0 Å². The van der Waals surface area contributed by atoms with Gasteiger partial charge in [-0.1, -0.05) is 6.07 Å². The van der Waals surface area contributed by atoms with Crippen molar-refractivity contribution in [1.29, 1.82) is 0 Å². The number of nitrogens with two attached hydrogens (primary N) is 1. The zero-order valence-electron chi connectivity index (χ0n) is 10.3. The van der Waals surface area contributed by atoms with E-state index in [-0.39, 0.29) is 6.04 Å². The molecule has 1 heterocycles. The lowest BCUT2D eigenvalue weighted by Crippen LogP contribution is -2.38. The maximum atomic E-state index is 13.1. The Bertz CT molecular complexity index is 511. The molecule has 1 unspecified atom stereocenters. The molecule has 0 fully saturated rings. The highest BCUT2D eigenvalue weighted by Crippen LogP contribution is 2.11. The quantitative estimate of drug-likeness (QED) is 0.640. The summed E-state index contributed by atoms with van der Waals surface area (Å²) in [5.41, 5.74) is 4.10. The molecule has 0 saturated heterocycles. The van der Waals surface area contributed by atoms with Crippen LogP contribution in [0.2, 0.25) is 0 Å². The fourth-order valence-electron chi connectivity index (χ4n) is 1.97. The number of halogens is 2. The van der Waals surface area contributed by atoms with Gasteiger partial charge in [0.25, 0.3) is 0 Å². The summed E-state index contributed by atoms with van der Waals surface area (Å²) in [7, 11) is 0. The maximum absolute atomic E-state index is 13.1. The molecule has 1 aromatic heterocycles. The Kier molecular flexibility index (Phi) is 4.54. The van der Waals surface area contributed by atoms with Crippen molar-refractivity contribution in [2.75, 3.05) is 0 Å². The van der Waals surface area contributed by atoms with Crippen LogP contribution in [0.15, 0.2) is 42.6 Å². The van der Waals surface area contributed by atoms with E-state index in [1.165, 1.54) is 12.1 Å². The minimum absolute atomic E-state index is 0.129. The lowest BCUT2D eigenvalue weighted by molar-refractivity contribution is 0.512. The van der Waals surface area contributed by atoms with Gasteiger partial charge in [0.1, 0.15) is 11.6 Å². The molecular weight excluding hydrogens is 248 g/mol. The number of pyridine rings is 1. The lowest BCUT2D eigenvalue weighted by atomic mass is 10.0. The molecule has 1 aromatic carbocycles. The molecule has 1 atom stereocenters. The topological polar surface area (TPSA) is 50.9 Å². The molecule has 2 rings (SSSR count). The summed E-state index contributed by atoms with van der Waals surface area (Å²) in [6, 6.07) is 8.95. The lowest BCUT2D eigenvalue weighted by Gasteiger charge is -2.15. The highest BCUT2D eigenvalue weighted by molar-refractivity contribution is 5.19. The molecule has 2 aromatic rings. The van der Waals surface area contributed by atoms with Crippen LogP contribution in [0.3, 0.4) is 0 Å². The monoisotopic (exact) mass is 263 g/mol. The minimum Gasteiger partial charge on any atom is -0.271 e. The first kappa shape index (κ1) is 13.6. The highest BCUT2D eigenvalue weighted by Gasteiger charge is 2.11. The Hall–Kier alpha value is -1.85. The van der Waals surface area contributed by atoms with Crippen LogP contribution in [-0.2, 0) is 12.8 Å². The fraction of sp³-hybridized carbons (Fsp3) is 0.214. The summed E-state index contributed by atoms with van der Waals surface area (Å²) >= 11 is 0. The van der Waals surface area contributed by atoms with Crippen LogP contribution in [0.25, 0.3) is 0 Å². The summed E-state index contributed by atoms with van der Waals surface area (Å²) < 4.78 is 26.2. The van der Waals surface area contributed by atoms with E-state index >= 15 is 0 Å². The number of hydrazine groups is 1. The summed E-state index contributed by atoms with van der Waals surface area (Å²) in [5, 5.41) is 0. The molecule has 3 N–H and O–H groups in total. The van der Waals surface area contributed by atoms with Gasteiger partial charge in [0.15, 0.2) is 0 Å². The zero-order chi connectivity index (χ0) is 13.7. The number of rotatable bonds is 5. The summed E-state index contributed by atoms with van der Waals surface area (Å²) in [5.74, 6) is 4.32. The van der Waals surface area contributed by atoms with Gasteiger partial charge >= 0.3 is 0 Å². The Morgan fingerprint density at radius 3 is 2.42 bits per heavy atom. The van der Waals surface area contributed by atoms with Gasteiger partial charge in [0, 0.05) is 30.4 Å². The second kappa shape index (κ2) is 6.36. The zero-order valence-corrected chi connectivity index (χ0v) is 10.3. The molecule has 0 amide bonds. The molecule has 0 radical (unpaired) electrons. The van der Waals surface area contributed by atoms with E-state index in [2.05, 4.69) is 10.4 Å². The first-order chi connectivity index (χ1) is 9.17. The molecule has 100 valence electrons. The molecule has 3 nitrogen and oxygen atoms in total. The van der Waals surface area contributed by atoms with Crippen molar-refractivity contribution in [3.63, 3.8) is 0 Å². The maximum Gasteiger partial charge on any atom is 0.126 e. The van der Waals surface area contributed by atoms with Crippen molar-refractivity contribution in [3.8, 4) is 0 Å². The van der Waals surface area contributed by atoms with E-state index in [1.807, 2.05) is 18.2 Å². The van der Waals surface area contributed by atoms with E-state index in [0.29, 0.717) is 18.4 Å². The Balaban J connectivity index is 2.06. The number of nitrogens with zero attached hydrogens (tertiary/aromatic N) is 1. The summed E-state index contributed by atoms with van der Waals surface area (Å²) in [6.07, 6.45) is 2.72. The molecule has 0 aliphatic carbocycles. The van der Waals surface area contributed by atoms with E-state index in [4.69, 9.17) is 5.84 Å². The van der Waals surface area contributed by atoms with E-state index in [1.54, 1.807) is 6.20 Å². The molecule has 0 spiro atoms. The van der Waals surface area contributed by atoms with Gasteiger partial charge in [-0.2, -0.15) is 0 Å². The van der Waals surface area contributed by atoms with Crippen molar-refractivity contribution in [3.05, 3.63) is 65.5 Å². The van der Waals surface area contributed by atoms with Gasteiger partial charge in [0.2, 0.25) is 0 Å². The molecule has 0 aliphatic heterocycles. The standard InChI is InChI=1S/C14H15F2N3/c15-11-5-10(6-12(16)8-11)7-14(19-17)9-13-3-1-2-4-18-13/h1-6,8,14,19H,7,9,17H2. The van der Waals surface area contributed by atoms with Gasteiger partial charge in [-0.3, -0.25) is 16.3 Å². The SMILES string of the molecule is NNC(Cc1cc(F)cc(F)c1)Cc1ccccn1. The molecule has 0 bridgehead atoms. The normalized spacial score (nSPS) is 12.4. The molecule has 5 heteroatoms. The number of hydrogen-bond acceptors (Lipinski definition) is 3. The Morgan fingerprint density at radius 2 is 1.84 bits per heavy atom. The number of aromatic nitrogens is 1. The molecular formula is C14H15F2N3. The van der Waals surface area contributed by atoms with Gasteiger partial charge in [-0.25, -0.2) is 8.78 Å². The Labute approximate surface area is 110 Å². The number of nitrogens with one attached hydrogen (secondary N) is 1. The van der Waals surface area contributed by atoms with Crippen molar-refractivity contribution < 1.29 is 8.78 Å². The van der Waals surface area contributed by atoms with E-state index in [0.717, 1.165) is 11.8 Å². The van der Waals surface area contributed by atoms with Gasteiger partial charge in [0.05, 0.1) is 0 Å². The van der Waals surface area contributed by atoms with Crippen LogP contribution in [0.4, 0.5) is 8.78 Å². The third-order valence-electron chi connectivity index (χ3n) is 2.82. The third kappa shape index (κ3) is 4.08. The average molecular weight is 263 g/mol. The van der Waals surface area contributed by atoms with Gasteiger partial charge < -0.3 is 0 Å². The summed E-state index contributed by atoms with van der Waals surface area (Å²) in [6.45, 7) is 0. The van der Waals surface area contributed by atoms with Crippen molar-refractivity contribution in [2.24, 2.45) is 5.84 Å². The first-order valence-electron chi connectivity index (χ1n) is 5.98. The van der Waals surface area contributed by atoms with Crippen molar-refractivity contribution >= 4 is 0 Å². The predicted molar refractivity (Wildman–Crippen MR) is 69.1 cm³/mol. The third-order valence-corrected chi connectivity index (χ3v) is 2.82. The predicted octanol–water partition coefficient (Wildman–Crippen LogP) is 1.98. The van der Waals surface area contributed by atoms with Crippen LogP contribution in [0, 0.1) is 11.6 Å². The Morgan fingerprint density at radius 1 is 1.11 bits per heavy atom. The van der Waals surface area contributed by atoms with Crippen LogP contribution in [0.5, 0.6) is 0 Å². The van der Waals surface area contributed by atoms with E-state index < -0.39 is 11.6 Å². The second-order valence-corrected chi connectivity index (χ2v) is 4.37. The molecule has 0 aliphatic rings. The summed E-state index contributed by atoms with van der Waals surface area (Å²) in [4.78, 5) is 4.20. The highest BCUT2D eigenvalue weighted by atomic mass is 19.1. The minimum atomic E-state index is -0.580. The van der Waals surface area contributed by atoms with E-state index in [9.17, 15) is 8.78 Å². The average Bonchev–Trinajstić information content (AvgIpc) is 2.38. The number of hydrogen-bond donors (Lipinski definition) is 2. The van der Waals surface area contributed by atoms with Gasteiger partial charge in [-0.15, -0.1) is 0 Å². The fourth-order valence-corrected chi connectivity index (χ4v) is 1.97. The van der Waals surface area contributed by atoms with Crippen LogP contribution in [-0.4, -0.2) is 11.0 Å². The second-order valence-electron chi connectivity index (χ2n) is 4.37. The first-order valence-corrected chi connectivity index (χ1v) is 5.98. The molecule has 0 saturated carbocycles. The molecule has 19 heavy (non-hydrogen) atoms. The van der Waals surface area contributed by atoms with Crippen LogP contribution in [0.1, 0.15) is 11.3 Å².